The van der Waals surface area contributed by atoms with Crippen LogP contribution in [0.4, 0.5) is 0 Å². The third-order valence-electron chi connectivity index (χ3n) is 25.9. The first-order valence-corrected chi connectivity index (χ1v) is 41.6. The van der Waals surface area contributed by atoms with Gasteiger partial charge in [-0.25, -0.2) is 38.2 Å². The van der Waals surface area contributed by atoms with E-state index >= 15 is 0 Å². The van der Waals surface area contributed by atoms with E-state index in [1.165, 1.54) is 54.9 Å². The Morgan fingerprint density at radius 1 is 0.285 bits per heavy atom. The lowest BCUT2D eigenvalue weighted by molar-refractivity contribution is -0.634. The topological polar surface area (TPSA) is 130 Å². The van der Waals surface area contributed by atoms with Crippen molar-refractivity contribution in [3.05, 3.63) is 310 Å². The monoisotopic (exact) mass is 1610 g/mol. The van der Waals surface area contributed by atoms with Gasteiger partial charge in [-0.2, -0.15) is 9.13 Å². The van der Waals surface area contributed by atoms with Crippen molar-refractivity contribution in [3.8, 4) is 45.3 Å². The molecule has 598 valence electrons. The summed E-state index contributed by atoms with van der Waals surface area (Å²) < 4.78 is 88.9. The lowest BCUT2D eigenvalue weighted by Gasteiger charge is -2.11. The number of aromatic nitrogens is 10. The quantitative estimate of drug-likeness (QED) is 0.159. The van der Waals surface area contributed by atoms with Crippen molar-refractivity contribution in [2.75, 3.05) is 0 Å². The minimum absolute atomic E-state index is 0.330. The van der Waals surface area contributed by atoms with Crippen molar-refractivity contribution in [3.63, 3.8) is 0 Å². The van der Waals surface area contributed by atoms with Gasteiger partial charge >= 0.3 is 0 Å². The molecule has 12 aromatic heterocycles. The highest BCUT2D eigenvalue weighted by atomic mass is 16.4. The van der Waals surface area contributed by atoms with Crippen LogP contribution in [0.3, 0.4) is 0 Å². The van der Waals surface area contributed by atoms with Gasteiger partial charge in [-0.05, 0) is 191 Å². The van der Waals surface area contributed by atoms with Crippen LogP contribution in [0.5, 0.6) is 0 Å². The molecule has 0 spiro atoms. The highest BCUT2D eigenvalue weighted by Gasteiger charge is 2.33. The van der Waals surface area contributed by atoms with Crippen LogP contribution in [-0.4, -0.2) is 29.1 Å². The molecule has 0 N–H and O–H groups in total. The summed E-state index contributed by atoms with van der Waals surface area (Å²) in [6.07, 6.45) is 1.89. The molecule has 0 amide bonds. The average molecular weight is 1610 g/mol. The predicted molar refractivity (Wildman–Crippen MR) is 503 cm³/mol. The normalized spacial score (nSPS) is 12.9. The zero-order valence-corrected chi connectivity index (χ0v) is 71.3. The number of benzene rings is 12. The number of imidazole rings is 2. The van der Waals surface area contributed by atoms with E-state index in [0.717, 1.165) is 171 Å². The van der Waals surface area contributed by atoms with E-state index in [1.54, 1.807) is 12.1 Å². The van der Waals surface area contributed by atoms with E-state index in [-0.39, 0.29) is 0 Å². The first-order valence-electron chi connectivity index (χ1n) is 44.6. The second-order valence-electron chi connectivity index (χ2n) is 33.0. The van der Waals surface area contributed by atoms with Crippen molar-refractivity contribution < 1.29 is 44.2 Å². The smallest absolute Gasteiger partial charge is 0.293 e. The minimum Gasteiger partial charge on any atom is -0.437 e. The third kappa shape index (κ3) is 11.6. The number of pyridine rings is 6. The highest BCUT2D eigenvalue weighted by Crippen LogP contribution is 2.47. The van der Waals surface area contributed by atoms with Gasteiger partial charge in [-0.3, -0.25) is 0 Å². The Bertz CT molecular complexity index is 8850. The van der Waals surface area contributed by atoms with Gasteiger partial charge in [0, 0.05) is 110 Å². The molecule has 24 rings (SSSR count). The summed E-state index contributed by atoms with van der Waals surface area (Å²) in [5.41, 5.74) is 27.6. The van der Waals surface area contributed by atoms with Crippen LogP contribution < -0.4 is 18.3 Å². The van der Waals surface area contributed by atoms with Crippen LogP contribution in [-0.2, 0) is 42.3 Å². The Hall–Kier alpha value is -14.8. The Kier molecular flexibility index (Phi) is 16.1. The lowest BCUT2D eigenvalue weighted by Crippen LogP contribution is -2.32. The molecule has 0 atom stereocenters. The molecular weight excluding hydrogens is 1510 g/mol. The molecule has 24 aromatic rings. The van der Waals surface area contributed by atoms with Crippen molar-refractivity contribution in [1.82, 2.24) is 29.1 Å². The Labute approximate surface area is 718 Å². The largest absolute Gasteiger partial charge is 0.437 e. The summed E-state index contributed by atoms with van der Waals surface area (Å²) in [5, 5.41) is 18.7. The van der Waals surface area contributed by atoms with Gasteiger partial charge in [0.2, 0.25) is 45.3 Å². The van der Waals surface area contributed by atoms with Crippen molar-refractivity contribution in [2.45, 2.75) is 76.0 Å². The standard InChI is InChI=1S/2C29H25N2O.C26H22N3O.C25H20N3O/c1-16-14-23-27-22-12-7-6-11-21(22)19(4)30-29(27)32-28(23)26(18(16)3)25-15-17(2)20-10-8-9-13-24(20)31(25)5;1-16-9-8-12-24-20(16)13-14-25(31(24)5)26-18(3)17(2)15-23-27-22-11-7-6-10-21(22)19(4)30-29(27)32-28(23)26;1-15-13-14-19-23-18-10-6-5-9-17(18)16(2)27-25(23)30-24(19)22(15)26-28(3)20-11-7-8-12-21(20)29(26)4;1-15-12-13-18-22-17-9-5-4-8-16(17)14-26-24(22)29-23(18)21(15)25-27(2)19-10-6-7-11-20(19)28(25)3/h2*6-15H,1-5H3;5-14H,1-4H3;4-14H,1-3H3/q4*+1/i1D3;2D3;;. The SMILES string of the molecule is Cc1ccc2c(oc3nc(C)c4ccccc4c32)c1-c1n(C)c2ccccc2[n+]1C.Cc1ccc2c(oc3ncc4ccccc4c32)c1-c1n(C)c2ccccc2[n+]1C.[2H]C([2H])([2H])c1cc2c(oc3nc(C)c4ccccc4c32)c(-c2cc(C)c3ccccc3[n+]2C)c1C.[2H]C([2H])([2H])c1cc2c(oc3nc(C)c4ccccc4c32)c(-c2ccc3c(C)cccc3[n+]2C)c1C. The second-order valence-corrected chi connectivity index (χ2v) is 33.0. The molecule has 0 fully saturated rings. The van der Waals surface area contributed by atoms with Crippen LogP contribution in [0, 0.1) is 76.0 Å². The van der Waals surface area contributed by atoms with E-state index in [1.807, 2.05) is 116 Å². The van der Waals surface area contributed by atoms with E-state index in [2.05, 4.69) is 258 Å². The Balaban J connectivity index is 0.000000105. The van der Waals surface area contributed by atoms with Gasteiger partial charge in [-0.15, -0.1) is 0 Å². The Morgan fingerprint density at radius 2 is 0.650 bits per heavy atom. The molecule has 0 unspecified atom stereocenters. The maximum absolute atomic E-state index is 8.31. The van der Waals surface area contributed by atoms with E-state index in [4.69, 9.17) is 40.8 Å². The summed E-state index contributed by atoms with van der Waals surface area (Å²) in [4.78, 5) is 19.0. The van der Waals surface area contributed by atoms with Crippen molar-refractivity contribution in [2.24, 2.45) is 42.3 Å². The summed E-state index contributed by atoms with van der Waals surface area (Å²) in [7, 11) is 12.5. The lowest BCUT2D eigenvalue weighted by atomic mass is 9.94. The number of hydrogen-bond donors (Lipinski definition) is 0. The van der Waals surface area contributed by atoms with E-state index in [0.29, 0.717) is 56.3 Å². The Morgan fingerprint density at radius 3 is 1.13 bits per heavy atom. The number of fused-ring (bicyclic) bond motifs is 24. The van der Waals surface area contributed by atoms with Crippen LogP contribution in [0.1, 0.15) is 69.8 Å². The van der Waals surface area contributed by atoms with Crippen molar-refractivity contribution in [1.29, 1.82) is 0 Å². The van der Waals surface area contributed by atoms with Gasteiger partial charge < -0.3 is 17.7 Å². The zero-order valence-electron chi connectivity index (χ0n) is 77.3. The fourth-order valence-electron chi connectivity index (χ4n) is 19.6. The molecule has 0 aliphatic heterocycles. The van der Waals surface area contributed by atoms with Gasteiger partial charge in [-0.1, -0.05) is 170 Å². The van der Waals surface area contributed by atoms with E-state index < -0.39 is 13.7 Å². The van der Waals surface area contributed by atoms with Gasteiger partial charge in [0.05, 0.1) is 60.9 Å². The molecule has 0 bridgehead atoms. The first kappa shape index (κ1) is 69.1. The molecule has 12 heterocycles. The van der Waals surface area contributed by atoms with Crippen LogP contribution in [0.15, 0.2) is 267 Å². The number of aryl methyl sites for hydroxylation is 15. The highest BCUT2D eigenvalue weighted by molar-refractivity contribution is 6.24. The number of nitrogens with zero attached hydrogens (tertiary/aromatic N) is 10. The number of rotatable bonds is 4. The third-order valence-corrected chi connectivity index (χ3v) is 25.9. The minimum atomic E-state index is -2.27. The molecule has 14 heteroatoms. The molecule has 0 aliphatic rings. The first-order chi connectivity index (χ1) is 62.0. The maximum Gasteiger partial charge on any atom is 0.293 e. The molecule has 14 nitrogen and oxygen atoms in total. The summed E-state index contributed by atoms with van der Waals surface area (Å²) >= 11 is 0. The summed E-state index contributed by atoms with van der Waals surface area (Å²) in [6, 6.07) is 82.9. The number of furan rings is 4. The van der Waals surface area contributed by atoms with Gasteiger partial charge in [0.1, 0.15) is 25.2 Å². The summed E-state index contributed by atoms with van der Waals surface area (Å²) in [5.74, 6) is 2.25. The van der Waals surface area contributed by atoms with Gasteiger partial charge in [0.15, 0.2) is 44.4 Å². The zero-order chi connectivity index (χ0) is 89.6. The van der Waals surface area contributed by atoms with Crippen LogP contribution >= 0.6 is 0 Å². The number of hydrogen-bond acceptors (Lipinski definition) is 8. The fourth-order valence-corrected chi connectivity index (χ4v) is 19.6. The average Bonchev–Trinajstić information content (AvgIpc) is 1.55. The van der Waals surface area contributed by atoms with E-state index in [9.17, 15) is 0 Å². The second kappa shape index (κ2) is 28.7. The van der Waals surface area contributed by atoms with Crippen LogP contribution in [0.2, 0.25) is 0 Å². The molecular formula is C109H92N10O4+4. The van der Waals surface area contributed by atoms with Gasteiger partial charge in [0.25, 0.3) is 11.6 Å². The summed E-state index contributed by atoms with van der Waals surface area (Å²) in [6.45, 7) is 13.7. The van der Waals surface area contributed by atoms with Crippen molar-refractivity contribution >= 4 is 175 Å². The molecule has 0 radical (unpaired) electrons. The van der Waals surface area contributed by atoms with Crippen LogP contribution in [0.25, 0.3) is 221 Å². The molecule has 12 aromatic carbocycles. The maximum atomic E-state index is 8.31. The number of para-hydroxylation sites is 5. The molecule has 0 saturated heterocycles. The molecule has 0 saturated carbocycles. The fraction of sp³-hybridized carbons (Fsp3) is 0.156. The molecule has 0 aliphatic carbocycles. The molecule has 123 heavy (non-hydrogen) atoms. The predicted octanol–water partition coefficient (Wildman–Crippen LogP) is 25.2.